The molecule has 80 valence electrons. The van der Waals surface area contributed by atoms with Crippen LogP contribution in [0.4, 0.5) is 5.69 Å². The van der Waals surface area contributed by atoms with Gasteiger partial charge in [0.05, 0.1) is 4.90 Å². The number of nitrogen functional groups attached to an aromatic ring is 1. The van der Waals surface area contributed by atoms with E-state index in [1.54, 1.807) is 12.1 Å². The molecule has 0 unspecified atom stereocenters. The summed E-state index contributed by atoms with van der Waals surface area (Å²) in [5, 5.41) is 0. The summed E-state index contributed by atoms with van der Waals surface area (Å²) in [6.07, 6.45) is 1.16. The van der Waals surface area contributed by atoms with Gasteiger partial charge in [-0.25, -0.2) is 8.42 Å². The highest BCUT2D eigenvalue weighted by molar-refractivity contribution is 7.90. The number of sulfone groups is 1. The Morgan fingerprint density at radius 1 is 1.14 bits per heavy atom. The fraction of sp³-hybridized carbons (Fsp3) is 0.333. The maximum atomic E-state index is 11.0. The van der Waals surface area contributed by atoms with Crippen molar-refractivity contribution in [1.29, 1.82) is 0 Å². The van der Waals surface area contributed by atoms with E-state index in [-0.39, 0.29) is 0 Å². The number of nitrogens with one attached hydrogen (secondary N) is 1. The minimum Gasteiger partial charge on any atom is -0.324 e. The highest BCUT2D eigenvalue weighted by atomic mass is 32.2. The van der Waals surface area contributed by atoms with Gasteiger partial charge in [-0.05, 0) is 24.3 Å². The van der Waals surface area contributed by atoms with Gasteiger partial charge < -0.3 is 5.43 Å². The molecule has 0 atom stereocenters. The summed E-state index contributed by atoms with van der Waals surface area (Å²) >= 11 is 0. The minimum atomic E-state index is -3.10. The summed E-state index contributed by atoms with van der Waals surface area (Å²) in [7, 11) is -3.10. The van der Waals surface area contributed by atoms with E-state index >= 15 is 0 Å². The predicted octanol–water partition coefficient (Wildman–Crippen LogP) is 1.40. The van der Waals surface area contributed by atoms with E-state index in [1.807, 2.05) is 13.8 Å². The topological polar surface area (TPSA) is 72.2 Å². The first-order valence-electron chi connectivity index (χ1n) is 4.31. The molecule has 1 rings (SSSR count). The number of anilines is 1. The van der Waals surface area contributed by atoms with Crippen molar-refractivity contribution in [3.63, 3.8) is 0 Å². The van der Waals surface area contributed by atoms with Crippen LogP contribution in [0.5, 0.6) is 0 Å². The predicted molar refractivity (Wildman–Crippen MR) is 58.7 cm³/mol. The van der Waals surface area contributed by atoms with Gasteiger partial charge in [0.1, 0.15) is 0 Å². The van der Waals surface area contributed by atoms with Gasteiger partial charge in [0.2, 0.25) is 0 Å². The largest absolute Gasteiger partial charge is 0.324 e. The van der Waals surface area contributed by atoms with Gasteiger partial charge in [0.25, 0.3) is 0 Å². The average Bonchev–Trinajstić information content (AvgIpc) is 2.20. The van der Waals surface area contributed by atoms with Crippen LogP contribution in [-0.2, 0) is 9.84 Å². The number of benzene rings is 1. The van der Waals surface area contributed by atoms with Crippen molar-refractivity contribution in [3.8, 4) is 0 Å². The summed E-state index contributed by atoms with van der Waals surface area (Å²) < 4.78 is 22.0. The lowest BCUT2D eigenvalue weighted by Gasteiger charge is -2.00. The van der Waals surface area contributed by atoms with Crippen LogP contribution >= 0.6 is 0 Å². The van der Waals surface area contributed by atoms with Crippen molar-refractivity contribution in [3.05, 3.63) is 24.3 Å². The molecular formula is C9H16N2O2S. The third-order valence-electron chi connectivity index (χ3n) is 1.45. The molecule has 0 amide bonds. The van der Waals surface area contributed by atoms with Crippen LogP contribution in [-0.4, -0.2) is 14.7 Å². The van der Waals surface area contributed by atoms with Crippen molar-refractivity contribution in [1.82, 2.24) is 0 Å². The second-order valence-electron chi connectivity index (χ2n) is 2.44. The van der Waals surface area contributed by atoms with Crippen molar-refractivity contribution >= 4 is 15.5 Å². The van der Waals surface area contributed by atoms with E-state index in [4.69, 9.17) is 5.84 Å². The van der Waals surface area contributed by atoms with Gasteiger partial charge >= 0.3 is 0 Å². The molecule has 5 heteroatoms. The maximum absolute atomic E-state index is 11.0. The van der Waals surface area contributed by atoms with Crippen LogP contribution in [0.2, 0.25) is 0 Å². The quantitative estimate of drug-likeness (QED) is 0.579. The molecule has 0 aliphatic rings. The molecule has 0 spiro atoms. The van der Waals surface area contributed by atoms with Crippen LogP contribution in [0, 0.1) is 0 Å². The summed E-state index contributed by atoms with van der Waals surface area (Å²) in [4.78, 5) is 0.293. The number of hydrazine groups is 1. The number of hydrogen-bond donors (Lipinski definition) is 2. The second kappa shape index (κ2) is 5.62. The molecule has 0 radical (unpaired) electrons. The maximum Gasteiger partial charge on any atom is 0.175 e. The molecule has 0 heterocycles. The number of hydrogen-bond acceptors (Lipinski definition) is 4. The standard InChI is InChI=1S/C7H10N2O2S.C2H6/c1-12(10,11)7-4-2-6(9-8)3-5-7;1-2/h2-5,9H,8H2,1H3;1-2H3. The minimum absolute atomic E-state index is 0.293. The highest BCUT2D eigenvalue weighted by Gasteiger charge is 2.04. The lowest BCUT2D eigenvalue weighted by Crippen LogP contribution is -2.06. The first-order chi connectivity index (χ1) is 6.54. The molecule has 0 aliphatic heterocycles. The summed E-state index contributed by atoms with van der Waals surface area (Å²) in [5.41, 5.74) is 3.09. The van der Waals surface area contributed by atoms with Crippen LogP contribution in [0.15, 0.2) is 29.2 Å². The summed E-state index contributed by atoms with van der Waals surface area (Å²) in [5.74, 6) is 5.11. The lowest BCUT2D eigenvalue weighted by molar-refractivity contribution is 0.602. The molecule has 0 aliphatic carbocycles. The van der Waals surface area contributed by atoms with Crippen molar-refractivity contribution < 1.29 is 8.42 Å². The normalized spacial score (nSPS) is 10.0. The molecule has 0 bridgehead atoms. The average molecular weight is 216 g/mol. The van der Waals surface area contributed by atoms with Gasteiger partial charge in [0.15, 0.2) is 9.84 Å². The Bertz CT molecular complexity index is 357. The zero-order valence-corrected chi connectivity index (χ0v) is 9.43. The Labute approximate surface area is 85.0 Å². The zero-order chi connectivity index (χ0) is 11.2. The van der Waals surface area contributed by atoms with E-state index in [9.17, 15) is 8.42 Å². The van der Waals surface area contributed by atoms with E-state index < -0.39 is 9.84 Å². The van der Waals surface area contributed by atoms with E-state index in [0.717, 1.165) is 6.26 Å². The Kier molecular flexibility index (Phi) is 5.19. The first-order valence-corrected chi connectivity index (χ1v) is 6.20. The van der Waals surface area contributed by atoms with E-state index in [1.165, 1.54) is 12.1 Å². The Hall–Kier alpha value is -1.07. The first kappa shape index (κ1) is 12.9. The van der Waals surface area contributed by atoms with Gasteiger partial charge in [-0.1, -0.05) is 13.8 Å². The second-order valence-corrected chi connectivity index (χ2v) is 4.46. The lowest BCUT2D eigenvalue weighted by atomic mass is 10.3. The van der Waals surface area contributed by atoms with Gasteiger partial charge in [-0.15, -0.1) is 0 Å². The fourth-order valence-electron chi connectivity index (χ4n) is 0.798. The van der Waals surface area contributed by atoms with Gasteiger partial charge in [-0.2, -0.15) is 0 Å². The SMILES string of the molecule is CC.CS(=O)(=O)c1ccc(NN)cc1. The van der Waals surface area contributed by atoms with Crippen LogP contribution in [0.1, 0.15) is 13.8 Å². The van der Waals surface area contributed by atoms with Crippen LogP contribution in [0.3, 0.4) is 0 Å². The number of rotatable bonds is 2. The van der Waals surface area contributed by atoms with Crippen molar-refractivity contribution in [2.75, 3.05) is 11.7 Å². The third-order valence-corrected chi connectivity index (χ3v) is 2.58. The molecule has 0 saturated heterocycles. The summed E-state index contributed by atoms with van der Waals surface area (Å²) in [6, 6.07) is 6.22. The Morgan fingerprint density at radius 2 is 1.57 bits per heavy atom. The van der Waals surface area contributed by atoms with Crippen molar-refractivity contribution in [2.45, 2.75) is 18.7 Å². The molecular weight excluding hydrogens is 200 g/mol. The Balaban J connectivity index is 0.000000791. The molecule has 0 fully saturated rings. The highest BCUT2D eigenvalue weighted by Crippen LogP contribution is 2.12. The zero-order valence-electron chi connectivity index (χ0n) is 8.61. The number of nitrogens with two attached hydrogens (primary N) is 1. The van der Waals surface area contributed by atoms with Crippen molar-refractivity contribution in [2.24, 2.45) is 5.84 Å². The molecule has 14 heavy (non-hydrogen) atoms. The molecule has 1 aromatic carbocycles. The van der Waals surface area contributed by atoms with Crippen LogP contribution < -0.4 is 11.3 Å². The van der Waals surface area contributed by atoms with E-state index in [2.05, 4.69) is 5.43 Å². The van der Waals surface area contributed by atoms with Crippen LogP contribution in [0.25, 0.3) is 0 Å². The Morgan fingerprint density at radius 3 is 1.86 bits per heavy atom. The smallest absolute Gasteiger partial charge is 0.175 e. The molecule has 0 aromatic heterocycles. The molecule has 3 N–H and O–H groups in total. The molecule has 4 nitrogen and oxygen atoms in total. The third kappa shape index (κ3) is 3.76. The van der Waals surface area contributed by atoms with Gasteiger partial charge in [0, 0.05) is 11.9 Å². The summed E-state index contributed by atoms with van der Waals surface area (Å²) in [6.45, 7) is 4.00. The molecule has 0 saturated carbocycles. The molecule has 1 aromatic rings. The fourth-order valence-corrected chi connectivity index (χ4v) is 1.43. The van der Waals surface area contributed by atoms with E-state index in [0.29, 0.717) is 10.6 Å². The monoisotopic (exact) mass is 216 g/mol. The van der Waals surface area contributed by atoms with Gasteiger partial charge in [-0.3, -0.25) is 5.84 Å².